The van der Waals surface area contributed by atoms with E-state index in [-0.39, 0.29) is 5.91 Å². The van der Waals surface area contributed by atoms with Crippen molar-refractivity contribution in [3.8, 4) is 0 Å². The molecule has 1 aliphatic rings. The Labute approximate surface area is 91.5 Å². The van der Waals surface area contributed by atoms with E-state index in [1.807, 2.05) is 0 Å². The van der Waals surface area contributed by atoms with Crippen molar-refractivity contribution < 1.29 is 9.53 Å². The van der Waals surface area contributed by atoms with E-state index in [1.54, 1.807) is 0 Å². The molecule has 3 N–H and O–H groups in total. The van der Waals surface area contributed by atoms with Gasteiger partial charge in [0, 0.05) is 13.2 Å². The van der Waals surface area contributed by atoms with Gasteiger partial charge in [0.1, 0.15) is 5.54 Å². The molecule has 4 nitrogen and oxygen atoms in total. The average Bonchev–Trinajstić information content (AvgIpc) is 2.60. The van der Waals surface area contributed by atoms with E-state index in [9.17, 15) is 4.79 Å². The van der Waals surface area contributed by atoms with E-state index in [4.69, 9.17) is 10.5 Å². The van der Waals surface area contributed by atoms with Crippen LogP contribution in [0.1, 0.15) is 33.1 Å². The molecule has 4 heteroatoms. The summed E-state index contributed by atoms with van der Waals surface area (Å²) in [7, 11) is 0. The highest BCUT2D eigenvalue weighted by Gasteiger charge is 2.37. The number of ether oxygens (including phenoxy) is 1. The Balaban J connectivity index is 2.18. The number of nitrogens with one attached hydrogen (secondary N) is 1. The Hall–Kier alpha value is -0.610. The fourth-order valence-electron chi connectivity index (χ4n) is 1.65. The lowest BCUT2D eigenvalue weighted by Gasteiger charge is -2.20. The van der Waals surface area contributed by atoms with Crippen molar-refractivity contribution in [3.05, 3.63) is 0 Å². The largest absolute Gasteiger partial charge is 0.379 e. The van der Waals surface area contributed by atoms with E-state index in [2.05, 4.69) is 19.2 Å². The molecule has 0 aromatic heterocycles. The molecule has 1 aliphatic heterocycles. The molecule has 1 rings (SSSR count). The smallest absolute Gasteiger partial charge is 0.242 e. The summed E-state index contributed by atoms with van der Waals surface area (Å²) in [5.74, 6) is 0.618. The fraction of sp³-hybridized carbons (Fsp3) is 0.909. The zero-order valence-electron chi connectivity index (χ0n) is 9.71. The zero-order valence-corrected chi connectivity index (χ0v) is 9.71. The second-order valence-electron chi connectivity index (χ2n) is 4.75. The van der Waals surface area contributed by atoms with Gasteiger partial charge in [-0.2, -0.15) is 0 Å². The van der Waals surface area contributed by atoms with Crippen LogP contribution in [0.2, 0.25) is 0 Å². The van der Waals surface area contributed by atoms with E-state index in [0.29, 0.717) is 25.6 Å². The fourth-order valence-corrected chi connectivity index (χ4v) is 1.65. The quantitative estimate of drug-likeness (QED) is 0.661. The first-order valence-electron chi connectivity index (χ1n) is 5.69. The van der Waals surface area contributed by atoms with Gasteiger partial charge in [0.15, 0.2) is 0 Å². The molecule has 1 amide bonds. The van der Waals surface area contributed by atoms with E-state index < -0.39 is 5.54 Å². The summed E-state index contributed by atoms with van der Waals surface area (Å²) in [5, 5.41) is 2.88. The molecule has 15 heavy (non-hydrogen) atoms. The third-order valence-corrected chi connectivity index (χ3v) is 2.75. The minimum atomic E-state index is -0.780. The maximum Gasteiger partial charge on any atom is 0.242 e. The number of hydrogen-bond acceptors (Lipinski definition) is 3. The first kappa shape index (κ1) is 12.5. The Morgan fingerprint density at radius 1 is 1.60 bits per heavy atom. The standard InChI is InChI=1S/C11H22N2O2/c1-9(2)4-3-6-13-10(14)11(12)5-7-15-8-11/h9H,3-8,12H2,1-2H3,(H,13,14). The van der Waals surface area contributed by atoms with Crippen LogP contribution < -0.4 is 11.1 Å². The monoisotopic (exact) mass is 214 g/mol. The van der Waals surface area contributed by atoms with Crippen LogP contribution in [0, 0.1) is 5.92 Å². The van der Waals surface area contributed by atoms with Gasteiger partial charge in [-0.15, -0.1) is 0 Å². The highest BCUT2D eigenvalue weighted by Crippen LogP contribution is 2.15. The lowest BCUT2D eigenvalue weighted by atomic mass is 9.99. The van der Waals surface area contributed by atoms with Crippen LogP contribution in [0.3, 0.4) is 0 Å². The summed E-state index contributed by atoms with van der Waals surface area (Å²) in [6.07, 6.45) is 2.78. The molecule has 0 radical (unpaired) electrons. The van der Waals surface area contributed by atoms with Crippen LogP contribution >= 0.6 is 0 Å². The third-order valence-electron chi connectivity index (χ3n) is 2.75. The van der Waals surface area contributed by atoms with Crippen molar-refractivity contribution in [2.24, 2.45) is 11.7 Å². The number of nitrogens with two attached hydrogens (primary N) is 1. The highest BCUT2D eigenvalue weighted by atomic mass is 16.5. The molecule has 0 aliphatic carbocycles. The normalized spacial score (nSPS) is 25.9. The highest BCUT2D eigenvalue weighted by molar-refractivity contribution is 5.86. The average molecular weight is 214 g/mol. The number of amides is 1. The number of rotatable bonds is 5. The van der Waals surface area contributed by atoms with Gasteiger partial charge in [-0.05, 0) is 25.2 Å². The topological polar surface area (TPSA) is 64.4 Å². The Morgan fingerprint density at radius 2 is 2.33 bits per heavy atom. The lowest BCUT2D eigenvalue weighted by molar-refractivity contribution is -0.126. The van der Waals surface area contributed by atoms with Gasteiger partial charge in [-0.3, -0.25) is 4.79 Å². The minimum absolute atomic E-state index is 0.0660. The van der Waals surface area contributed by atoms with E-state index in [1.165, 1.54) is 0 Å². The van der Waals surface area contributed by atoms with Gasteiger partial charge in [-0.25, -0.2) is 0 Å². The van der Waals surface area contributed by atoms with Crippen molar-refractivity contribution in [1.29, 1.82) is 0 Å². The summed E-state index contributed by atoms with van der Waals surface area (Å²) in [5.41, 5.74) is 5.13. The van der Waals surface area contributed by atoms with Crippen LogP contribution in [0.5, 0.6) is 0 Å². The van der Waals surface area contributed by atoms with Gasteiger partial charge < -0.3 is 15.8 Å². The summed E-state index contributed by atoms with van der Waals surface area (Å²) < 4.78 is 5.14. The summed E-state index contributed by atoms with van der Waals surface area (Å²) in [4.78, 5) is 11.7. The molecule has 0 bridgehead atoms. The predicted molar refractivity (Wildman–Crippen MR) is 59.4 cm³/mol. The Morgan fingerprint density at radius 3 is 2.87 bits per heavy atom. The number of carbonyl (C=O) groups is 1. The molecular formula is C11H22N2O2. The zero-order chi connectivity index (χ0) is 11.3. The second kappa shape index (κ2) is 5.47. The summed E-state index contributed by atoms with van der Waals surface area (Å²) in [6, 6.07) is 0. The SMILES string of the molecule is CC(C)CCCNC(=O)C1(N)CCOC1. The Kier molecular flexibility index (Phi) is 4.54. The lowest BCUT2D eigenvalue weighted by Crippen LogP contribution is -2.54. The molecule has 1 heterocycles. The van der Waals surface area contributed by atoms with Crippen molar-refractivity contribution >= 4 is 5.91 Å². The first-order valence-corrected chi connectivity index (χ1v) is 5.69. The molecule has 1 saturated heterocycles. The van der Waals surface area contributed by atoms with Crippen molar-refractivity contribution in [2.75, 3.05) is 19.8 Å². The van der Waals surface area contributed by atoms with Gasteiger partial charge in [0.25, 0.3) is 0 Å². The van der Waals surface area contributed by atoms with Gasteiger partial charge in [-0.1, -0.05) is 13.8 Å². The van der Waals surface area contributed by atoms with Crippen LogP contribution in [0.4, 0.5) is 0 Å². The molecular weight excluding hydrogens is 192 g/mol. The van der Waals surface area contributed by atoms with Crippen LogP contribution in [0.25, 0.3) is 0 Å². The van der Waals surface area contributed by atoms with E-state index in [0.717, 1.165) is 19.4 Å². The molecule has 0 spiro atoms. The van der Waals surface area contributed by atoms with Crippen molar-refractivity contribution in [2.45, 2.75) is 38.6 Å². The van der Waals surface area contributed by atoms with Crippen molar-refractivity contribution in [3.63, 3.8) is 0 Å². The second-order valence-corrected chi connectivity index (χ2v) is 4.75. The van der Waals surface area contributed by atoms with Crippen LogP contribution in [0.15, 0.2) is 0 Å². The summed E-state index contributed by atoms with van der Waals surface area (Å²) >= 11 is 0. The first-order chi connectivity index (χ1) is 7.04. The molecule has 0 aromatic carbocycles. The summed E-state index contributed by atoms with van der Waals surface area (Å²) in [6.45, 7) is 6.02. The third kappa shape index (κ3) is 3.80. The molecule has 0 aromatic rings. The van der Waals surface area contributed by atoms with Gasteiger partial charge in [0.2, 0.25) is 5.91 Å². The maximum absolute atomic E-state index is 11.7. The van der Waals surface area contributed by atoms with Crippen molar-refractivity contribution in [1.82, 2.24) is 5.32 Å². The minimum Gasteiger partial charge on any atom is -0.379 e. The molecule has 1 fully saturated rings. The number of carbonyl (C=O) groups excluding carboxylic acids is 1. The Bertz CT molecular complexity index is 211. The molecule has 1 atom stereocenters. The predicted octanol–water partition coefficient (Wildman–Crippen LogP) is 0.657. The number of hydrogen-bond donors (Lipinski definition) is 2. The molecule has 1 unspecified atom stereocenters. The molecule has 88 valence electrons. The van der Waals surface area contributed by atoms with Gasteiger partial charge >= 0.3 is 0 Å². The maximum atomic E-state index is 11.7. The van der Waals surface area contributed by atoms with Gasteiger partial charge in [0.05, 0.1) is 6.61 Å². The van der Waals surface area contributed by atoms with Crippen LogP contribution in [-0.4, -0.2) is 31.2 Å². The molecule has 0 saturated carbocycles. The van der Waals surface area contributed by atoms with Crippen LogP contribution in [-0.2, 0) is 9.53 Å². The van der Waals surface area contributed by atoms with E-state index >= 15 is 0 Å².